The highest BCUT2D eigenvalue weighted by Gasteiger charge is 2.09. The average Bonchev–Trinajstić information content (AvgIpc) is 2.94. The molecule has 0 aliphatic heterocycles. The van der Waals surface area contributed by atoms with Crippen LogP contribution in [-0.4, -0.2) is 4.98 Å². The fourth-order valence-electron chi connectivity index (χ4n) is 3.56. The molecule has 0 aliphatic carbocycles. The summed E-state index contributed by atoms with van der Waals surface area (Å²) in [6.45, 7) is 2.14. The summed E-state index contributed by atoms with van der Waals surface area (Å²) in [7, 11) is 0. The smallest absolute Gasteiger partial charge is 0.0544 e. The Balaban J connectivity index is 2.05. The molecule has 1 heterocycles. The summed E-state index contributed by atoms with van der Waals surface area (Å²) >= 11 is 0. The molecular formula is C21H15N. The van der Waals surface area contributed by atoms with Crippen LogP contribution >= 0.6 is 0 Å². The Bertz CT molecular complexity index is 1180. The summed E-state index contributed by atoms with van der Waals surface area (Å²) in [6, 6.07) is 24.1. The Morgan fingerprint density at radius 2 is 1.23 bits per heavy atom. The van der Waals surface area contributed by atoms with Crippen molar-refractivity contribution in [2.45, 2.75) is 6.92 Å². The van der Waals surface area contributed by atoms with Gasteiger partial charge in [-0.25, -0.2) is 0 Å². The van der Waals surface area contributed by atoms with Crippen LogP contribution in [0.3, 0.4) is 0 Å². The van der Waals surface area contributed by atoms with Crippen LogP contribution in [0, 0.1) is 6.92 Å². The molecule has 1 aromatic heterocycles. The SMILES string of the molecule is Cc1ccc2c(ccc3c4ccc5ccccc5c4[nH]c23)c1. The number of nitrogens with one attached hydrogen (secondary N) is 1. The van der Waals surface area contributed by atoms with Crippen molar-refractivity contribution in [1.29, 1.82) is 0 Å². The van der Waals surface area contributed by atoms with Gasteiger partial charge in [0, 0.05) is 21.5 Å². The van der Waals surface area contributed by atoms with E-state index >= 15 is 0 Å². The summed E-state index contributed by atoms with van der Waals surface area (Å²) in [6.07, 6.45) is 0. The molecule has 0 bridgehead atoms. The van der Waals surface area contributed by atoms with Crippen LogP contribution in [0.1, 0.15) is 5.56 Å². The molecule has 104 valence electrons. The number of aromatic amines is 1. The van der Waals surface area contributed by atoms with Gasteiger partial charge >= 0.3 is 0 Å². The fraction of sp³-hybridized carbons (Fsp3) is 0.0476. The molecule has 5 rings (SSSR count). The lowest BCUT2D eigenvalue weighted by atomic mass is 10.0. The zero-order chi connectivity index (χ0) is 14.7. The van der Waals surface area contributed by atoms with Crippen molar-refractivity contribution in [3.63, 3.8) is 0 Å². The van der Waals surface area contributed by atoms with E-state index in [1.165, 1.54) is 48.9 Å². The van der Waals surface area contributed by atoms with Crippen LogP contribution in [-0.2, 0) is 0 Å². The topological polar surface area (TPSA) is 15.8 Å². The molecule has 0 spiro atoms. The van der Waals surface area contributed by atoms with E-state index in [4.69, 9.17) is 0 Å². The maximum atomic E-state index is 3.68. The molecule has 1 nitrogen and oxygen atoms in total. The van der Waals surface area contributed by atoms with E-state index in [1.807, 2.05) is 0 Å². The maximum Gasteiger partial charge on any atom is 0.0544 e. The van der Waals surface area contributed by atoms with Gasteiger partial charge in [0.15, 0.2) is 0 Å². The minimum Gasteiger partial charge on any atom is -0.353 e. The van der Waals surface area contributed by atoms with E-state index in [1.54, 1.807) is 0 Å². The monoisotopic (exact) mass is 281 g/mol. The number of rotatable bonds is 0. The van der Waals surface area contributed by atoms with E-state index in [9.17, 15) is 0 Å². The highest BCUT2D eigenvalue weighted by molar-refractivity contribution is 6.22. The lowest BCUT2D eigenvalue weighted by Gasteiger charge is -2.01. The Morgan fingerprint density at radius 1 is 0.591 bits per heavy atom. The van der Waals surface area contributed by atoms with Crippen molar-refractivity contribution in [2.75, 3.05) is 0 Å². The van der Waals surface area contributed by atoms with Crippen LogP contribution in [0.25, 0.3) is 43.4 Å². The lowest BCUT2D eigenvalue weighted by molar-refractivity contribution is 1.50. The third kappa shape index (κ3) is 1.48. The summed E-state index contributed by atoms with van der Waals surface area (Å²) in [5.41, 5.74) is 3.78. The number of hydrogen-bond donors (Lipinski definition) is 1. The average molecular weight is 281 g/mol. The molecule has 1 N–H and O–H groups in total. The van der Waals surface area contributed by atoms with Crippen LogP contribution in [0.15, 0.2) is 66.7 Å². The highest BCUT2D eigenvalue weighted by Crippen LogP contribution is 2.34. The number of aryl methyl sites for hydroxylation is 1. The molecule has 0 aliphatic rings. The molecule has 0 radical (unpaired) electrons. The number of hydrogen-bond acceptors (Lipinski definition) is 0. The molecule has 0 saturated carbocycles. The molecule has 1 heteroatoms. The van der Waals surface area contributed by atoms with Crippen molar-refractivity contribution < 1.29 is 0 Å². The first-order chi connectivity index (χ1) is 10.8. The normalized spacial score (nSPS) is 11.9. The first kappa shape index (κ1) is 11.8. The Morgan fingerprint density at radius 3 is 2.05 bits per heavy atom. The third-order valence-electron chi connectivity index (χ3n) is 4.64. The Kier molecular flexibility index (Phi) is 2.21. The maximum absolute atomic E-state index is 3.68. The predicted molar refractivity (Wildman–Crippen MR) is 95.6 cm³/mol. The second-order valence-corrected chi connectivity index (χ2v) is 6.05. The second kappa shape index (κ2) is 4.11. The van der Waals surface area contributed by atoms with E-state index in [-0.39, 0.29) is 0 Å². The van der Waals surface area contributed by atoms with E-state index < -0.39 is 0 Å². The van der Waals surface area contributed by atoms with Gasteiger partial charge in [-0.05, 0) is 17.7 Å². The Labute approximate surface area is 128 Å². The van der Waals surface area contributed by atoms with Gasteiger partial charge in [-0.1, -0.05) is 72.3 Å². The van der Waals surface area contributed by atoms with E-state index in [2.05, 4.69) is 78.6 Å². The minimum atomic E-state index is 1.24. The second-order valence-electron chi connectivity index (χ2n) is 6.05. The molecule has 22 heavy (non-hydrogen) atoms. The van der Waals surface area contributed by atoms with Crippen LogP contribution in [0.5, 0.6) is 0 Å². The number of benzene rings is 4. The number of fused-ring (bicyclic) bond motifs is 7. The standard InChI is InChI=1S/C21H15N/c1-13-6-9-17-15(12-13)8-11-19-18-10-7-14-4-2-3-5-16(14)20(18)22-21(17)19/h2-12,22H,1H3. The Hall–Kier alpha value is -2.80. The van der Waals surface area contributed by atoms with Gasteiger partial charge in [-0.15, -0.1) is 0 Å². The van der Waals surface area contributed by atoms with Crippen LogP contribution < -0.4 is 0 Å². The first-order valence-corrected chi connectivity index (χ1v) is 7.64. The molecule has 0 saturated heterocycles. The van der Waals surface area contributed by atoms with Crippen molar-refractivity contribution in [2.24, 2.45) is 0 Å². The summed E-state index contributed by atoms with van der Waals surface area (Å²) in [5.74, 6) is 0. The van der Waals surface area contributed by atoms with Crippen LogP contribution in [0.2, 0.25) is 0 Å². The number of H-pyrrole nitrogens is 1. The van der Waals surface area contributed by atoms with Gasteiger partial charge < -0.3 is 4.98 Å². The molecule has 0 atom stereocenters. The van der Waals surface area contributed by atoms with Crippen molar-refractivity contribution in [1.82, 2.24) is 4.98 Å². The molecule has 5 aromatic rings. The first-order valence-electron chi connectivity index (χ1n) is 7.64. The van der Waals surface area contributed by atoms with Crippen LogP contribution in [0.4, 0.5) is 0 Å². The third-order valence-corrected chi connectivity index (χ3v) is 4.64. The highest BCUT2D eigenvalue weighted by atomic mass is 14.7. The molecule has 0 amide bonds. The van der Waals surface area contributed by atoms with Gasteiger partial charge in [-0.3, -0.25) is 0 Å². The predicted octanol–water partition coefficient (Wildman–Crippen LogP) is 5.94. The molecule has 0 fully saturated rings. The summed E-state index contributed by atoms with van der Waals surface area (Å²) in [4.78, 5) is 3.68. The lowest BCUT2D eigenvalue weighted by Crippen LogP contribution is -1.77. The number of aromatic nitrogens is 1. The molecule has 0 unspecified atom stereocenters. The summed E-state index contributed by atoms with van der Waals surface area (Å²) in [5, 5.41) is 7.76. The summed E-state index contributed by atoms with van der Waals surface area (Å²) < 4.78 is 0. The van der Waals surface area contributed by atoms with Gasteiger partial charge in [0.1, 0.15) is 0 Å². The zero-order valence-electron chi connectivity index (χ0n) is 12.4. The van der Waals surface area contributed by atoms with Gasteiger partial charge in [0.25, 0.3) is 0 Å². The van der Waals surface area contributed by atoms with Gasteiger partial charge in [0.2, 0.25) is 0 Å². The van der Waals surface area contributed by atoms with Crippen molar-refractivity contribution in [3.05, 3.63) is 72.3 Å². The molecule has 4 aromatic carbocycles. The van der Waals surface area contributed by atoms with Gasteiger partial charge in [0.05, 0.1) is 11.0 Å². The van der Waals surface area contributed by atoms with E-state index in [0.717, 1.165) is 0 Å². The minimum absolute atomic E-state index is 1.24. The fourth-order valence-corrected chi connectivity index (χ4v) is 3.56. The quantitative estimate of drug-likeness (QED) is 0.362. The van der Waals surface area contributed by atoms with Gasteiger partial charge in [-0.2, -0.15) is 0 Å². The van der Waals surface area contributed by atoms with Crippen molar-refractivity contribution >= 4 is 43.4 Å². The molecular weight excluding hydrogens is 266 g/mol. The largest absolute Gasteiger partial charge is 0.353 e. The van der Waals surface area contributed by atoms with Crippen molar-refractivity contribution in [3.8, 4) is 0 Å². The zero-order valence-corrected chi connectivity index (χ0v) is 12.4. The van der Waals surface area contributed by atoms with E-state index in [0.29, 0.717) is 0 Å².